The summed E-state index contributed by atoms with van der Waals surface area (Å²) < 4.78 is 0. The molecule has 0 aliphatic carbocycles. The third-order valence-corrected chi connectivity index (χ3v) is 3.72. The van der Waals surface area contributed by atoms with Gasteiger partial charge in [0.2, 0.25) is 0 Å². The van der Waals surface area contributed by atoms with E-state index in [4.69, 9.17) is 0 Å². The largest absolute Gasteiger partial charge is 0.266 e. The lowest BCUT2D eigenvalue weighted by Crippen LogP contribution is -2.04. The van der Waals surface area contributed by atoms with Gasteiger partial charge in [0.05, 0.1) is 0 Å². The zero-order valence-corrected chi connectivity index (χ0v) is 14.2. The quantitative estimate of drug-likeness (QED) is 0.214. The van der Waals surface area contributed by atoms with E-state index in [0.29, 0.717) is 5.92 Å². The van der Waals surface area contributed by atoms with E-state index in [-0.39, 0.29) is 0 Å². The van der Waals surface area contributed by atoms with Gasteiger partial charge in [-0.15, -0.1) is 0 Å². The highest BCUT2D eigenvalue weighted by Crippen LogP contribution is 2.26. The Labute approximate surface area is 127 Å². The number of rotatable bonds is 12. The van der Waals surface area contributed by atoms with Gasteiger partial charge in [0, 0.05) is 17.8 Å². The van der Waals surface area contributed by atoms with Gasteiger partial charge >= 0.3 is 0 Å². The first kappa shape index (κ1) is 19.1. The molecule has 0 saturated carbocycles. The van der Waals surface area contributed by atoms with Crippen molar-refractivity contribution < 1.29 is 0 Å². The number of aliphatic imine (C=N–C) groups is 1. The summed E-state index contributed by atoms with van der Waals surface area (Å²) in [5, 5.41) is 0. The predicted octanol–water partition coefficient (Wildman–Crippen LogP) is 6.70. The van der Waals surface area contributed by atoms with E-state index in [0.717, 1.165) is 0 Å². The smallest absolute Gasteiger partial charge is 0.0430 e. The summed E-state index contributed by atoms with van der Waals surface area (Å²) in [5.74, 6) is 0.644. The summed E-state index contributed by atoms with van der Waals surface area (Å²) in [6.45, 7) is 8.63. The first-order valence-corrected chi connectivity index (χ1v) is 8.61. The highest BCUT2D eigenvalue weighted by molar-refractivity contribution is 5.55. The number of unbranched alkanes of at least 4 members (excludes halogenated alkanes) is 5. The van der Waals surface area contributed by atoms with E-state index in [1.807, 2.05) is 13.1 Å². The Bertz CT molecular complexity index is 286. The summed E-state index contributed by atoms with van der Waals surface area (Å²) in [5.41, 5.74) is 1.28. The lowest BCUT2D eigenvalue weighted by atomic mass is 9.91. The van der Waals surface area contributed by atoms with Crippen LogP contribution in [0.1, 0.15) is 85.5 Å². The second kappa shape index (κ2) is 14.6. The van der Waals surface area contributed by atoms with Gasteiger partial charge in [-0.25, -0.2) is 0 Å². The van der Waals surface area contributed by atoms with E-state index < -0.39 is 0 Å². The normalized spacial score (nSPS) is 14.5. The summed E-state index contributed by atoms with van der Waals surface area (Å²) >= 11 is 0. The molecular weight excluding hydrogens is 242 g/mol. The van der Waals surface area contributed by atoms with Gasteiger partial charge in [0.15, 0.2) is 0 Å². The minimum Gasteiger partial charge on any atom is -0.266 e. The van der Waals surface area contributed by atoms with Crippen molar-refractivity contribution in [2.24, 2.45) is 10.9 Å². The van der Waals surface area contributed by atoms with Crippen LogP contribution < -0.4 is 0 Å². The highest BCUT2D eigenvalue weighted by atomic mass is 14.7. The first-order chi connectivity index (χ1) is 9.79. The average Bonchev–Trinajstić information content (AvgIpc) is 2.46. The summed E-state index contributed by atoms with van der Waals surface area (Å²) in [6, 6.07) is 0. The van der Waals surface area contributed by atoms with Crippen LogP contribution in [0.25, 0.3) is 0 Å². The Morgan fingerprint density at radius 1 is 0.900 bits per heavy atom. The van der Waals surface area contributed by atoms with Crippen LogP contribution in [0, 0.1) is 5.92 Å². The molecule has 0 aromatic rings. The number of nitrogens with zero attached hydrogens (tertiary/aromatic N) is 1. The zero-order valence-electron chi connectivity index (χ0n) is 14.2. The Morgan fingerprint density at radius 3 is 2.05 bits per heavy atom. The Hall–Kier alpha value is -0.850. The Balaban J connectivity index is 4.57. The first-order valence-electron chi connectivity index (χ1n) is 8.61. The second-order valence-electron chi connectivity index (χ2n) is 5.55. The monoisotopic (exact) mass is 277 g/mol. The molecule has 0 N–H and O–H groups in total. The fraction of sp³-hybridized carbons (Fsp3) is 0.737. The van der Waals surface area contributed by atoms with Gasteiger partial charge in [0.25, 0.3) is 0 Å². The average molecular weight is 277 g/mol. The van der Waals surface area contributed by atoms with Crippen LogP contribution in [0.3, 0.4) is 0 Å². The van der Waals surface area contributed by atoms with Gasteiger partial charge in [-0.05, 0) is 32.8 Å². The summed E-state index contributed by atoms with van der Waals surface area (Å²) in [7, 11) is 0. The molecule has 0 bridgehead atoms. The molecule has 0 saturated heterocycles. The maximum absolute atomic E-state index is 4.62. The lowest BCUT2D eigenvalue weighted by Gasteiger charge is -2.17. The minimum atomic E-state index is 0.644. The lowest BCUT2D eigenvalue weighted by molar-refractivity contribution is 0.456. The molecule has 1 atom stereocenters. The molecule has 0 rings (SSSR count). The molecule has 0 aromatic carbocycles. The van der Waals surface area contributed by atoms with E-state index >= 15 is 0 Å². The second-order valence-corrected chi connectivity index (χ2v) is 5.55. The van der Waals surface area contributed by atoms with Crippen molar-refractivity contribution in [3.8, 4) is 0 Å². The van der Waals surface area contributed by atoms with Crippen LogP contribution in [-0.2, 0) is 0 Å². The van der Waals surface area contributed by atoms with Crippen molar-refractivity contribution in [1.29, 1.82) is 0 Å². The molecule has 1 heteroatoms. The molecule has 1 nitrogen and oxygen atoms in total. The van der Waals surface area contributed by atoms with Crippen LogP contribution in [-0.4, -0.2) is 6.21 Å². The molecule has 116 valence electrons. The van der Waals surface area contributed by atoms with Crippen molar-refractivity contribution in [2.45, 2.75) is 85.5 Å². The molecule has 0 fully saturated rings. The highest BCUT2D eigenvalue weighted by Gasteiger charge is 2.12. The summed E-state index contributed by atoms with van der Waals surface area (Å²) in [4.78, 5) is 4.62. The third kappa shape index (κ3) is 10.00. The van der Waals surface area contributed by atoms with Gasteiger partial charge in [-0.2, -0.15) is 0 Å². The molecule has 0 heterocycles. The molecule has 0 aromatic heterocycles. The SMILES string of the molecule is CC=N/C(=C\C=C/C)C(CCCCC)CCCCCC. The maximum atomic E-state index is 4.62. The molecular formula is C19H35N. The molecule has 0 spiro atoms. The van der Waals surface area contributed by atoms with Crippen LogP contribution in [0.5, 0.6) is 0 Å². The third-order valence-electron chi connectivity index (χ3n) is 3.72. The van der Waals surface area contributed by atoms with Crippen molar-refractivity contribution in [3.63, 3.8) is 0 Å². The van der Waals surface area contributed by atoms with Crippen LogP contribution >= 0.6 is 0 Å². The number of hydrogen-bond donors (Lipinski definition) is 0. The fourth-order valence-corrected chi connectivity index (χ4v) is 2.53. The van der Waals surface area contributed by atoms with E-state index in [9.17, 15) is 0 Å². The molecule has 1 unspecified atom stereocenters. The van der Waals surface area contributed by atoms with Gasteiger partial charge in [-0.1, -0.05) is 70.9 Å². The predicted molar refractivity (Wildman–Crippen MR) is 93.5 cm³/mol. The van der Waals surface area contributed by atoms with Crippen molar-refractivity contribution >= 4 is 6.21 Å². The maximum Gasteiger partial charge on any atom is 0.0430 e. The van der Waals surface area contributed by atoms with Crippen LogP contribution in [0.2, 0.25) is 0 Å². The van der Waals surface area contributed by atoms with E-state index in [1.54, 1.807) is 0 Å². The van der Waals surface area contributed by atoms with Gasteiger partial charge in [-0.3, -0.25) is 4.99 Å². The van der Waals surface area contributed by atoms with E-state index in [2.05, 4.69) is 44.0 Å². The molecule has 20 heavy (non-hydrogen) atoms. The topological polar surface area (TPSA) is 12.4 Å². The van der Waals surface area contributed by atoms with E-state index in [1.165, 1.54) is 63.5 Å². The number of hydrogen-bond acceptors (Lipinski definition) is 1. The van der Waals surface area contributed by atoms with Gasteiger partial charge in [0.1, 0.15) is 0 Å². The molecule has 0 radical (unpaired) electrons. The number of allylic oxidation sites excluding steroid dienone is 4. The van der Waals surface area contributed by atoms with Gasteiger partial charge < -0.3 is 0 Å². The van der Waals surface area contributed by atoms with Crippen molar-refractivity contribution in [3.05, 3.63) is 23.9 Å². The Kier molecular flexibility index (Phi) is 13.9. The summed E-state index contributed by atoms with van der Waals surface area (Å²) in [6.07, 6.45) is 20.3. The molecule has 0 amide bonds. The van der Waals surface area contributed by atoms with Crippen molar-refractivity contribution in [2.75, 3.05) is 0 Å². The zero-order chi connectivity index (χ0) is 15.1. The molecule has 0 aliphatic heterocycles. The molecule has 0 aliphatic rings. The fourth-order valence-electron chi connectivity index (χ4n) is 2.53. The minimum absolute atomic E-state index is 0.644. The van der Waals surface area contributed by atoms with Crippen molar-refractivity contribution in [1.82, 2.24) is 0 Å². The van der Waals surface area contributed by atoms with Crippen LogP contribution in [0.15, 0.2) is 28.9 Å². The van der Waals surface area contributed by atoms with Crippen LogP contribution in [0.4, 0.5) is 0 Å². The standard InChI is InChI=1S/C19H35N/c1-5-9-12-14-16-18(15-13-10-6-2)19(20-8-4)17-11-7-3/h7-8,11,17-18H,5-6,9-10,12-16H2,1-4H3/b11-7-,19-17-,20-8?. The Morgan fingerprint density at radius 2 is 1.50 bits per heavy atom.